The lowest BCUT2D eigenvalue weighted by Gasteiger charge is -2.01. The van der Waals surface area contributed by atoms with Gasteiger partial charge < -0.3 is 22.5 Å². The fraction of sp³-hybridized carbons (Fsp3) is 0. The standard InChI is InChI=1S/C10H7BrN2O.C10H6BrNO2.C7H6N4O.H3N.H2O/c11-7-4-6-2-1-3-8(10(12)14)9(6)13-5-7;11-7-4-6-2-1-3-8(10(13)14)9(6)12-5-7;12-7(10-3-1-8-5-10)11-4-2-9-6-11;;/h1-5H,(H2,12,14);1-5H,(H,13,14);1-6H;1H3;1H2. The molecule has 0 atom stereocenters. The zero-order valence-corrected chi connectivity index (χ0v) is 25.0. The average molecular weight is 700 g/mol. The van der Waals surface area contributed by atoms with Crippen LogP contribution in [0.5, 0.6) is 0 Å². The van der Waals surface area contributed by atoms with Crippen LogP contribution in [0.25, 0.3) is 21.8 Å². The number of fused-ring (bicyclic) bond motifs is 2. The molecule has 0 radical (unpaired) electrons. The molecule has 1 amide bonds. The summed E-state index contributed by atoms with van der Waals surface area (Å²) in [4.78, 5) is 49.1. The zero-order valence-electron chi connectivity index (χ0n) is 21.9. The van der Waals surface area contributed by atoms with Crippen molar-refractivity contribution in [3.63, 3.8) is 0 Å². The number of aromatic carboxylic acids is 1. The van der Waals surface area contributed by atoms with Gasteiger partial charge in [-0.15, -0.1) is 0 Å². The summed E-state index contributed by atoms with van der Waals surface area (Å²) in [6, 6.07) is 14.0. The minimum atomic E-state index is -0.953. The van der Waals surface area contributed by atoms with Crippen LogP contribution in [-0.2, 0) is 0 Å². The molecule has 0 fully saturated rings. The van der Waals surface area contributed by atoms with Crippen molar-refractivity contribution >= 4 is 71.6 Å². The molecule has 0 saturated carbocycles. The Morgan fingerprint density at radius 1 is 0.762 bits per heavy atom. The van der Waals surface area contributed by atoms with Crippen molar-refractivity contribution in [1.82, 2.24) is 35.2 Å². The summed E-state index contributed by atoms with van der Waals surface area (Å²) >= 11 is 6.60. The van der Waals surface area contributed by atoms with Gasteiger partial charge >= 0.3 is 12.0 Å². The highest BCUT2D eigenvalue weighted by atomic mass is 79.9. The van der Waals surface area contributed by atoms with Gasteiger partial charge in [-0.3, -0.25) is 23.9 Å². The predicted octanol–water partition coefficient (Wildman–Crippen LogP) is 5.59. The van der Waals surface area contributed by atoms with E-state index in [9.17, 15) is 14.4 Å². The Morgan fingerprint density at radius 3 is 1.62 bits per heavy atom. The third-order valence-corrected chi connectivity index (χ3v) is 6.17. The highest BCUT2D eigenvalue weighted by Gasteiger charge is 2.09. The average Bonchev–Trinajstić information content (AvgIpc) is 3.68. The van der Waals surface area contributed by atoms with Gasteiger partial charge in [-0.2, -0.15) is 0 Å². The van der Waals surface area contributed by atoms with Crippen LogP contribution in [0.4, 0.5) is 4.79 Å². The van der Waals surface area contributed by atoms with E-state index in [2.05, 4.69) is 51.8 Å². The van der Waals surface area contributed by atoms with E-state index >= 15 is 0 Å². The van der Waals surface area contributed by atoms with Crippen molar-refractivity contribution in [3.8, 4) is 0 Å². The number of amides is 1. The number of carboxylic acids is 1. The lowest BCUT2D eigenvalue weighted by molar-refractivity contribution is 0.0698. The highest BCUT2D eigenvalue weighted by Crippen LogP contribution is 2.21. The lowest BCUT2D eigenvalue weighted by Crippen LogP contribution is -2.15. The Hall–Kier alpha value is -4.83. The van der Waals surface area contributed by atoms with Crippen molar-refractivity contribution in [1.29, 1.82) is 0 Å². The first-order chi connectivity index (χ1) is 19.2. The third-order valence-electron chi connectivity index (χ3n) is 5.30. The zero-order chi connectivity index (χ0) is 28.6. The number of carboxylic acid groups (broad SMARTS) is 1. The molecule has 0 aliphatic carbocycles. The summed E-state index contributed by atoms with van der Waals surface area (Å²) in [6.45, 7) is 0. The second kappa shape index (κ2) is 15.2. The minimum absolute atomic E-state index is 0. The summed E-state index contributed by atoms with van der Waals surface area (Å²) in [5.41, 5.74) is 7.07. The molecule has 216 valence electrons. The molecule has 0 bridgehead atoms. The SMILES string of the molecule is NC(=O)c1cccc2cc(Br)cnc12.O=C(O)c1cccc2cc(Br)cnc12.O=C(n1ccnc1)n1ccnc1.[NH4+].[OH-]. The van der Waals surface area contributed by atoms with Crippen LogP contribution in [0.1, 0.15) is 20.7 Å². The summed E-state index contributed by atoms with van der Waals surface area (Å²) in [5, 5.41) is 10.6. The first kappa shape index (κ1) is 33.4. The lowest BCUT2D eigenvalue weighted by atomic mass is 10.1. The monoisotopic (exact) mass is 698 g/mol. The fourth-order valence-corrected chi connectivity index (χ4v) is 4.22. The number of pyridine rings is 2. The molecular weight excluding hydrogens is 676 g/mol. The smallest absolute Gasteiger partial charge is 0.338 e. The minimum Gasteiger partial charge on any atom is -0.870 e. The molecular formula is C27H24Br2N8O5. The Balaban J connectivity index is 0.000000216. The van der Waals surface area contributed by atoms with Crippen LogP contribution < -0.4 is 11.9 Å². The maximum absolute atomic E-state index is 11.4. The number of carbonyl (C=O) groups excluding carboxylic acids is 2. The van der Waals surface area contributed by atoms with Gasteiger partial charge in [0.25, 0.3) is 5.91 Å². The highest BCUT2D eigenvalue weighted by molar-refractivity contribution is 9.10. The molecule has 0 aliphatic rings. The molecule has 0 unspecified atom stereocenters. The molecule has 6 aromatic rings. The molecule has 0 spiro atoms. The van der Waals surface area contributed by atoms with Crippen LogP contribution in [0.15, 0.2) is 107 Å². The number of hydrogen-bond donors (Lipinski definition) is 3. The number of rotatable bonds is 2. The van der Waals surface area contributed by atoms with Crippen LogP contribution >= 0.6 is 31.9 Å². The molecule has 0 aliphatic heterocycles. The predicted molar refractivity (Wildman–Crippen MR) is 163 cm³/mol. The van der Waals surface area contributed by atoms with Gasteiger partial charge in [0, 0.05) is 56.9 Å². The number of imidazole rings is 2. The van der Waals surface area contributed by atoms with E-state index < -0.39 is 11.9 Å². The van der Waals surface area contributed by atoms with Gasteiger partial charge in [0.15, 0.2) is 0 Å². The van der Waals surface area contributed by atoms with Crippen molar-refractivity contribution in [2.75, 3.05) is 0 Å². The number of aromatic nitrogens is 6. The molecule has 2 aromatic carbocycles. The fourth-order valence-electron chi connectivity index (χ4n) is 3.52. The van der Waals surface area contributed by atoms with Gasteiger partial charge in [0.2, 0.25) is 0 Å². The molecule has 4 aromatic heterocycles. The number of benzene rings is 2. The number of primary amides is 1. The van der Waals surface area contributed by atoms with Gasteiger partial charge in [-0.25, -0.2) is 19.6 Å². The summed E-state index contributed by atoms with van der Waals surface area (Å²) < 4.78 is 4.47. The maximum atomic E-state index is 11.4. The van der Waals surface area contributed by atoms with E-state index in [-0.39, 0.29) is 23.2 Å². The number of nitrogens with zero attached hydrogens (tertiary/aromatic N) is 6. The molecule has 0 saturated heterocycles. The largest absolute Gasteiger partial charge is 0.870 e. The maximum Gasteiger partial charge on any atom is 0.338 e. The van der Waals surface area contributed by atoms with Crippen molar-refractivity contribution in [2.24, 2.45) is 5.73 Å². The van der Waals surface area contributed by atoms with Crippen LogP contribution in [0.3, 0.4) is 0 Å². The number of nitrogens with two attached hydrogens (primary N) is 1. The molecule has 6 rings (SSSR count). The van der Waals surface area contributed by atoms with Crippen LogP contribution in [0, 0.1) is 0 Å². The summed E-state index contributed by atoms with van der Waals surface area (Å²) in [6.07, 6.45) is 12.4. The molecule has 8 N–H and O–H groups in total. The Morgan fingerprint density at radius 2 is 1.21 bits per heavy atom. The quantitative estimate of drug-likeness (QED) is 0.204. The van der Waals surface area contributed by atoms with Gasteiger partial charge in [0.05, 0.1) is 22.2 Å². The van der Waals surface area contributed by atoms with E-state index in [0.717, 1.165) is 19.7 Å². The van der Waals surface area contributed by atoms with Gasteiger partial charge in [-0.1, -0.05) is 24.3 Å². The van der Waals surface area contributed by atoms with Crippen LogP contribution in [-0.4, -0.2) is 57.6 Å². The first-order valence-corrected chi connectivity index (χ1v) is 13.0. The van der Waals surface area contributed by atoms with Crippen molar-refractivity contribution < 1.29 is 25.0 Å². The number of quaternary nitrogens is 1. The third kappa shape index (κ3) is 8.11. The Kier molecular flexibility index (Phi) is 12.1. The van der Waals surface area contributed by atoms with Crippen LogP contribution in [0.2, 0.25) is 0 Å². The van der Waals surface area contributed by atoms with E-state index in [1.807, 2.05) is 24.3 Å². The second-order valence-electron chi connectivity index (χ2n) is 7.95. The first-order valence-electron chi connectivity index (χ1n) is 11.4. The molecule has 13 nitrogen and oxygen atoms in total. The number of hydrogen-bond acceptors (Lipinski definition) is 8. The van der Waals surface area contributed by atoms with E-state index in [4.69, 9.17) is 10.8 Å². The molecule has 42 heavy (non-hydrogen) atoms. The van der Waals surface area contributed by atoms with E-state index in [0.29, 0.717) is 16.6 Å². The summed E-state index contributed by atoms with van der Waals surface area (Å²) in [7, 11) is 0. The Labute approximate surface area is 255 Å². The number of halogens is 2. The number of carbonyl (C=O) groups is 3. The van der Waals surface area contributed by atoms with Gasteiger partial charge in [0.1, 0.15) is 12.7 Å². The second-order valence-corrected chi connectivity index (χ2v) is 9.78. The molecule has 15 heteroatoms. The van der Waals surface area contributed by atoms with Crippen molar-refractivity contribution in [2.45, 2.75) is 0 Å². The number of para-hydroxylation sites is 2. The van der Waals surface area contributed by atoms with E-state index in [1.54, 1.807) is 61.4 Å². The van der Waals surface area contributed by atoms with Crippen molar-refractivity contribution in [3.05, 3.63) is 118 Å². The molecule has 4 heterocycles. The van der Waals surface area contributed by atoms with Gasteiger partial charge in [-0.05, 0) is 56.1 Å². The topological polar surface area (TPSA) is 225 Å². The summed E-state index contributed by atoms with van der Waals surface area (Å²) in [5.74, 6) is -1.41. The normalized spacial score (nSPS) is 9.76. The Bertz CT molecular complexity index is 1680. The van der Waals surface area contributed by atoms with E-state index in [1.165, 1.54) is 21.8 Å².